The number of benzene rings is 1. The molecule has 0 aliphatic heterocycles. The van der Waals surface area contributed by atoms with Crippen LogP contribution >= 0.6 is 0 Å². The van der Waals surface area contributed by atoms with Crippen LogP contribution in [-0.2, 0) is 20.8 Å². The third kappa shape index (κ3) is 5.28. The third-order valence-corrected chi connectivity index (χ3v) is 3.24. The second kappa shape index (κ2) is 8.68. The molecule has 0 saturated carbocycles. The van der Waals surface area contributed by atoms with Crippen molar-refractivity contribution in [2.75, 3.05) is 27.4 Å². The summed E-state index contributed by atoms with van der Waals surface area (Å²) in [6.45, 7) is 3.66. The molecule has 2 unspecified atom stereocenters. The Balaban J connectivity index is 2.44. The van der Waals surface area contributed by atoms with Gasteiger partial charge in [-0.15, -0.1) is 0 Å². The van der Waals surface area contributed by atoms with Gasteiger partial charge >= 0.3 is 5.97 Å². The van der Waals surface area contributed by atoms with E-state index in [2.05, 4.69) is 5.32 Å². The van der Waals surface area contributed by atoms with Crippen molar-refractivity contribution >= 4 is 5.97 Å². The number of methoxy groups -OCH3 is 2. The number of hydrogen-bond acceptors (Lipinski definition) is 4. The summed E-state index contributed by atoms with van der Waals surface area (Å²) in [5, 5.41) is 12.2. The van der Waals surface area contributed by atoms with E-state index in [0.29, 0.717) is 19.7 Å². The molecule has 1 aromatic rings. The van der Waals surface area contributed by atoms with E-state index in [1.807, 2.05) is 24.3 Å². The summed E-state index contributed by atoms with van der Waals surface area (Å²) in [5.74, 6) is -1.28. The summed E-state index contributed by atoms with van der Waals surface area (Å²) in [6, 6.07) is 7.61. The van der Waals surface area contributed by atoms with Crippen LogP contribution in [0.2, 0.25) is 0 Å². The van der Waals surface area contributed by atoms with Crippen molar-refractivity contribution in [2.45, 2.75) is 25.5 Å². The second-order valence-corrected chi connectivity index (χ2v) is 4.75. The predicted molar refractivity (Wildman–Crippen MR) is 76.9 cm³/mol. The topological polar surface area (TPSA) is 67.8 Å². The Hall–Kier alpha value is -1.43. The van der Waals surface area contributed by atoms with Crippen LogP contribution in [0.1, 0.15) is 24.0 Å². The number of ether oxygens (including phenoxy) is 2. The fourth-order valence-corrected chi connectivity index (χ4v) is 1.84. The molecule has 0 spiro atoms. The van der Waals surface area contributed by atoms with Gasteiger partial charge in [0.2, 0.25) is 0 Å². The quantitative estimate of drug-likeness (QED) is 0.720. The molecule has 0 aliphatic carbocycles. The molecule has 0 aromatic heterocycles. The van der Waals surface area contributed by atoms with E-state index in [4.69, 9.17) is 14.6 Å². The Morgan fingerprint density at radius 1 is 1.30 bits per heavy atom. The highest BCUT2D eigenvalue weighted by Crippen LogP contribution is 2.15. The molecule has 5 heteroatoms. The van der Waals surface area contributed by atoms with Crippen molar-refractivity contribution in [1.29, 1.82) is 0 Å². The zero-order valence-corrected chi connectivity index (χ0v) is 12.3. The fourth-order valence-electron chi connectivity index (χ4n) is 1.84. The number of rotatable bonds is 9. The van der Waals surface area contributed by atoms with E-state index in [-0.39, 0.29) is 6.10 Å². The molecule has 0 saturated heterocycles. The van der Waals surface area contributed by atoms with Gasteiger partial charge in [-0.25, -0.2) is 0 Å². The van der Waals surface area contributed by atoms with Crippen LogP contribution in [0.4, 0.5) is 0 Å². The molecular formula is C15H23NO4. The number of carboxylic acids is 1. The zero-order chi connectivity index (χ0) is 15.0. The minimum absolute atomic E-state index is 0.0336. The summed E-state index contributed by atoms with van der Waals surface area (Å²) in [7, 11) is 3.31. The van der Waals surface area contributed by atoms with Gasteiger partial charge in [0.1, 0.15) is 0 Å². The Morgan fingerprint density at radius 2 is 1.95 bits per heavy atom. The van der Waals surface area contributed by atoms with Crippen LogP contribution in [-0.4, -0.2) is 44.6 Å². The van der Waals surface area contributed by atoms with Gasteiger partial charge in [-0.1, -0.05) is 24.3 Å². The van der Waals surface area contributed by atoms with Crippen molar-refractivity contribution in [3.05, 3.63) is 35.4 Å². The van der Waals surface area contributed by atoms with Crippen molar-refractivity contribution in [3.63, 3.8) is 0 Å². The lowest BCUT2D eigenvalue weighted by Gasteiger charge is -2.15. The van der Waals surface area contributed by atoms with Crippen LogP contribution < -0.4 is 5.32 Å². The lowest BCUT2D eigenvalue weighted by Crippen LogP contribution is -2.31. The van der Waals surface area contributed by atoms with Gasteiger partial charge in [0.25, 0.3) is 0 Å². The van der Waals surface area contributed by atoms with Gasteiger partial charge in [-0.05, 0) is 18.1 Å². The molecule has 0 bridgehead atoms. The molecule has 0 fully saturated rings. The summed E-state index contributed by atoms with van der Waals surface area (Å²) in [6.07, 6.45) is 0.0336. The minimum Gasteiger partial charge on any atom is -0.481 e. The van der Waals surface area contributed by atoms with Crippen molar-refractivity contribution in [2.24, 2.45) is 0 Å². The molecule has 1 rings (SSSR count). The third-order valence-electron chi connectivity index (χ3n) is 3.24. The van der Waals surface area contributed by atoms with Crippen molar-refractivity contribution < 1.29 is 19.4 Å². The van der Waals surface area contributed by atoms with Crippen molar-refractivity contribution in [1.82, 2.24) is 5.32 Å². The Labute approximate surface area is 119 Å². The Bertz CT molecular complexity index is 405. The maximum atomic E-state index is 10.9. The van der Waals surface area contributed by atoms with Crippen LogP contribution in [0.5, 0.6) is 0 Å². The predicted octanol–water partition coefficient (Wildman–Crippen LogP) is 1.63. The monoisotopic (exact) mass is 281 g/mol. The molecule has 0 aliphatic rings. The van der Waals surface area contributed by atoms with Gasteiger partial charge in [0, 0.05) is 27.3 Å². The normalized spacial score (nSPS) is 13.9. The van der Waals surface area contributed by atoms with Crippen molar-refractivity contribution in [3.8, 4) is 0 Å². The average molecular weight is 281 g/mol. The first kappa shape index (κ1) is 16.6. The zero-order valence-electron chi connectivity index (χ0n) is 12.3. The Kier molecular flexibility index (Phi) is 7.22. The van der Waals surface area contributed by atoms with E-state index >= 15 is 0 Å². The SMILES string of the molecule is COCC(CNCc1ccc(C(C)C(=O)O)cc1)OC. The van der Waals surface area contributed by atoms with Gasteiger partial charge in [0.05, 0.1) is 18.6 Å². The number of carbonyl (C=O) groups is 1. The number of carboxylic acid groups (broad SMARTS) is 1. The molecule has 112 valence electrons. The van der Waals surface area contributed by atoms with E-state index in [9.17, 15) is 4.79 Å². The van der Waals surface area contributed by atoms with Gasteiger partial charge in [-0.2, -0.15) is 0 Å². The molecule has 0 amide bonds. The number of nitrogens with one attached hydrogen (secondary N) is 1. The van der Waals surface area contributed by atoms with Crippen LogP contribution in [0, 0.1) is 0 Å². The van der Waals surface area contributed by atoms with E-state index in [1.54, 1.807) is 21.1 Å². The molecular weight excluding hydrogens is 258 g/mol. The lowest BCUT2D eigenvalue weighted by atomic mass is 10.00. The van der Waals surface area contributed by atoms with E-state index < -0.39 is 11.9 Å². The first-order valence-electron chi connectivity index (χ1n) is 6.62. The van der Waals surface area contributed by atoms with Crippen LogP contribution in [0.25, 0.3) is 0 Å². The number of aliphatic carboxylic acids is 1. The number of hydrogen-bond donors (Lipinski definition) is 2. The maximum absolute atomic E-state index is 10.9. The molecule has 20 heavy (non-hydrogen) atoms. The van der Waals surface area contributed by atoms with Gasteiger partial charge < -0.3 is 19.9 Å². The summed E-state index contributed by atoms with van der Waals surface area (Å²) in [4.78, 5) is 10.9. The summed E-state index contributed by atoms with van der Waals surface area (Å²) in [5.41, 5.74) is 1.93. The fraction of sp³-hybridized carbons (Fsp3) is 0.533. The molecule has 2 atom stereocenters. The Morgan fingerprint density at radius 3 is 2.45 bits per heavy atom. The molecule has 0 radical (unpaired) electrons. The van der Waals surface area contributed by atoms with E-state index in [0.717, 1.165) is 11.1 Å². The van der Waals surface area contributed by atoms with Gasteiger partial charge in [0.15, 0.2) is 0 Å². The first-order valence-corrected chi connectivity index (χ1v) is 6.62. The van der Waals surface area contributed by atoms with Gasteiger partial charge in [-0.3, -0.25) is 4.79 Å². The molecule has 1 aromatic carbocycles. The van der Waals surface area contributed by atoms with Crippen LogP contribution in [0.3, 0.4) is 0 Å². The molecule has 0 heterocycles. The summed E-state index contributed by atoms with van der Waals surface area (Å²) >= 11 is 0. The lowest BCUT2D eigenvalue weighted by molar-refractivity contribution is -0.138. The van der Waals surface area contributed by atoms with Crippen LogP contribution in [0.15, 0.2) is 24.3 Å². The molecule has 2 N–H and O–H groups in total. The first-order chi connectivity index (χ1) is 9.58. The smallest absolute Gasteiger partial charge is 0.310 e. The standard InChI is InChI=1S/C15H23NO4/c1-11(15(17)18)13-6-4-12(5-7-13)8-16-9-14(20-3)10-19-2/h4-7,11,14,16H,8-10H2,1-3H3,(H,17,18). The summed E-state index contributed by atoms with van der Waals surface area (Å²) < 4.78 is 10.3. The maximum Gasteiger partial charge on any atom is 0.310 e. The second-order valence-electron chi connectivity index (χ2n) is 4.75. The highest BCUT2D eigenvalue weighted by molar-refractivity contribution is 5.75. The highest BCUT2D eigenvalue weighted by Gasteiger charge is 2.13. The highest BCUT2D eigenvalue weighted by atomic mass is 16.5. The molecule has 5 nitrogen and oxygen atoms in total. The average Bonchev–Trinajstić information content (AvgIpc) is 2.46. The van der Waals surface area contributed by atoms with E-state index in [1.165, 1.54) is 0 Å². The largest absolute Gasteiger partial charge is 0.481 e. The minimum atomic E-state index is -0.807.